The van der Waals surface area contributed by atoms with Crippen LogP contribution in [0.1, 0.15) is 27.9 Å². The first-order valence-corrected chi connectivity index (χ1v) is 8.33. The van der Waals surface area contributed by atoms with Gasteiger partial charge < -0.3 is 14.7 Å². The lowest BCUT2D eigenvalue weighted by Gasteiger charge is -2.32. The molecule has 0 fully saturated rings. The minimum atomic E-state index is -1.05. The van der Waals surface area contributed by atoms with E-state index in [0.717, 1.165) is 19.3 Å². The number of hydrogen-bond donors (Lipinski definition) is 1. The lowest BCUT2D eigenvalue weighted by molar-refractivity contribution is -0.139. The van der Waals surface area contributed by atoms with Crippen molar-refractivity contribution in [2.24, 2.45) is 0 Å². The summed E-state index contributed by atoms with van der Waals surface area (Å²) >= 11 is 0. The Morgan fingerprint density at radius 1 is 1.16 bits per heavy atom. The van der Waals surface area contributed by atoms with Gasteiger partial charge in [-0.05, 0) is 48.6 Å². The first kappa shape index (κ1) is 17.0. The number of rotatable bonds is 5. The van der Waals surface area contributed by atoms with Gasteiger partial charge in [-0.15, -0.1) is 0 Å². The van der Waals surface area contributed by atoms with E-state index in [1.54, 1.807) is 29.2 Å². The molecular weight excluding hydrogens is 318 g/mol. The fourth-order valence-corrected chi connectivity index (χ4v) is 3.24. The predicted molar refractivity (Wildman–Crippen MR) is 93.9 cm³/mol. The van der Waals surface area contributed by atoms with Gasteiger partial charge in [0.15, 0.2) is 6.61 Å². The number of carboxylic acids is 1. The van der Waals surface area contributed by atoms with E-state index in [-0.39, 0.29) is 11.9 Å². The zero-order chi connectivity index (χ0) is 17.8. The lowest BCUT2D eigenvalue weighted by atomic mass is 9.87. The zero-order valence-electron chi connectivity index (χ0n) is 14.1. The molecule has 0 spiro atoms. The van der Waals surface area contributed by atoms with Crippen LogP contribution < -0.4 is 4.74 Å². The number of carboxylic acid groups (broad SMARTS) is 1. The van der Waals surface area contributed by atoms with Crippen molar-refractivity contribution in [1.82, 2.24) is 4.90 Å². The number of hydrogen-bond acceptors (Lipinski definition) is 3. The number of carbonyl (C=O) groups excluding carboxylic acids is 1. The molecule has 0 radical (unpaired) electrons. The molecule has 25 heavy (non-hydrogen) atoms. The Balaban J connectivity index is 1.70. The molecule has 3 rings (SSSR count). The molecule has 0 bridgehead atoms. The molecule has 130 valence electrons. The van der Waals surface area contributed by atoms with Crippen LogP contribution in [0.2, 0.25) is 0 Å². The van der Waals surface area contributed by atoms with E-state index < -0.39 is 12.6 Å². The van der Waals surface area contributed by atoms with E-state index in [1.165, 1.54) is 11.1 Å². The van der Waals surface area contributed by atoms with Gasteiger partial charge in [0.25, 0.3) is 5.91 Å². The molecule has 2 aromatic carbocycles. The topological polar surface area (TPSA) is 66.8 Å². The average Bonchev–Trinajstić information content (AvgIpc) is 2.65. The molecule has 0 saturated carbocycles. The number of ether oxygens (including phenoxy) is 1. The van der Waals surface area contributed by atoms with Crippen molar-refractivity contribution in [3.8, 4) is 5.75 Å². The molecule has 0 aromatic heterocycles. The van der Waals surface area contributed by atoms with Crippen LogP contribution in [0.5, 0.6) is 5.75 Å². The molecule has 1 aliphatic carbocycles. The summed E-state index contributed by atoms with van der Waals surface area (Å²) in [6.45, 7) is -0.424. The van der Waals surface area contributed by atoms with Gasteiger partial charge in [-0.1, -0.05) is 30.3 Å². The van der Waals surface area contributed by atoms with Gasteiger partial charge in [-0.3, -0.25) is 4.79 Å². The largest absolute Gasteiger partial charge is 0.482 e. The Bertz CT molecular complexity index is 787. The summed E-state index contributed by atoms with van der Waals surface area (Å²) in [5.41, 5.74) is 3.17. The predicted octanol–water partition coefficient (Wildman–Crippen LogP) is 2.78. The number of amides is 1. The highest BCUT2D eigenvalue weighted by atomic mass is 16.5. The van der Waals surface area contributed by atoms with Gasteiger partial charge in [0.05, 0.1) is 0 Å². The number of carbonyl (C=O) groups is 2. The third-order valence-corrected chi connectivity index (χ3v) is 4.63. The number of aryl methyl sites for hydroxylation is 1. The zero-order valence-corrected chi connectivity index (χ0v) is 14.1. The van der Waals surface area contributed by atoms with Crippen LogP contribution >= 0.6 is 0 Å². The molecule has 5 nitrogen and oxygen atoms in total. The minimum Gasteiger partial charge on any atom is -0.482 e. The Morgan fingerprint density at radius 2 is 1.92 bits per heavy atom. The normalized spacial score (nSPS) is 16.0. The van der Waals surface area contributed by atoms with Crippen LogP contribution in [0.4, 0.5) is 0 Å². The number of benzene rings is 2. The standard InChI is InChI=1S/C20H21NO4/c1-21(17-10-9-14-5-2-3-6-15(14)11-17)20(24)16-7-4-8-18(12-16)25-13-19(22)23/h2-8,12,17H,9-11,13H2,1H3,(H,22,23). The third kappa shape index (κ3) is 3.99. The second-order valence-electron chi connectivity index (χ2n) is 6.29. The van der Waals surface area contributed by atoms with Crippen LogP contribution in [0.15, 0.2) is 48.5 Å². The van der Waals surface area contributed by atoms with Crippen molar-refractivity contribution in [1.29, 1.82) is 0 Å². The second kappa shape index (κ2) is 7.38. The molecule has 1 amide bonds. The smallest absolute Gasteiger partial charge is 0.341 e. The van der Waals surface area contributed by atoms with Gasteiger partial charge in [0.1, 0.15) is 5.75 Å². The van der Waals surface area contributed by atoms with Crippen molar-refractivity contribution in [3.63, 3.8) is 0 Å². The maximum Gasteiger partial charge on any atom is 0.341 e. The monoisotopic (exact) mass is 339 g/mol. The van der Waals surface area contributed by atoms with Crippen molar-refractivity contribution in [2.75, 3.05) is 13.7 Å². The first-order valence-electron chi connectivity index (χ1n) is 8.33. The fraction of sp³-hybridized carbons (Fsp3) is 0.300. The molecule has 0 saturated heterocycles. The number of fused-ring (bicyclic) bond motifs is 1. The fourth-order valence-electron chi connectivity index (χ4n) is 3.24. The molecule has 1 atom stereocenters. The van der Waals surface area contributed by atoms with Crippen molar-refractivity contribution < 1.29 is 19.4 Å². The summed E-state index contributed by atoms with van der Waals surface area (Å²) in [6, 6.07) is 15.2. The summed E-state index contributed by atoms with van der Waals surface area (Å²) in [6.07, 6.45) is 2.77. The summed E-state index contributed by atoms with van der Waals surface area (Å²) in [7, 11) is 1.83. The maximum atomic E-state index is 12.8. The molecule has 0 heterocycles. The second-order valence-corrected chi connectivity index (χ2v) is 6.29. The third-order valence-electron chi connectivity index (χ3n) is 4.63. The molecule has 1 unspecified atom stereocenters. The molecule has 5 heteroatoms. The molecule has 1 aliphatic rings. The van der Waals surface area contributed by atoms with E-state index in [0.29, 0.717) is 11.3 Å². The van der Waals surface area contributed by atoms with E-state index in [9.17, 15) is 9.59 Å². The summed E-state index contributed by atoms with van der Waals surface area (Å²) in [4.78, 5) is 25.2. The van der Waals surface area contributed by atoms with Crippen molar-refractivity contribution in [2.45, 2.75) is 25.3 Å². The van der Waals surface area contributed by atoms with E-state index >= 15 is 0 Å². The number of nitrogens with zero attached hydrogens (tertiary/aromatic N) is 1. The average molecular weight is 339 g/mol. The summed E-state index contributed by atoms with van der Waals surface area (Å²) in [5.74, 6) is -0.740. The highest BCUT2D eigenvalue weighted by Gasteiger charge is 2.25. The lowest BCUT2D eigenvalue weighted by Crippen LogP contribution is -2.40. The van der Waals surface area contributed by atoms with Crippen LogP contribution in [0, 0.1) is 0 Å². The van der Waals surface area contributed by atoms with Gasteiger partial charge in [0.2, 0.25) is 0 Å². The minimum absolute atomic E-state index is 0.0786. The summed E-state index contributed by atoms with van der Waals surface area (Å²) < 4.78 is 5.16. The van der Waals surface area contributed by atoms with Gasteiger partial charge >= 0.3 is 5.97 Å². The van der Waals surface area contributed by atoms with Crippen LogP contribution in [-0.2, 0) is 17.6 Å². The van der Waals surface area contributed by atoms with Crippen molar-refractivity contribution >= 4 is 11.9 Å². The summed E-state index contributed by atoms with van der Waals surface area (Å²) in [5, 5.41) is 8.69. The van der Waals surface area contributed by atoms with Crippen LogP contribution in [0.25, 0.3) is 0 Å². The SMILES string of the molecule is CN(C(=O)c1cccc(OCC(=O)O)c1)C1CCc2ccccc2C1. The highest BCUT2D eigenvalue weighted by molar-refractivity contribution is 5.94. The van der Waals surface area contributed by atoms with Crippen molar-refractivity contribution in [3.05, 3.63) is 65.2 Å². The quantitative estimate of drug-likeness (QED) is 0.910. The van der Waals surface area contributed by atoms with Gasteiger partial charge in [-0.2, -0.15) is 0 Å². The van der Waals surface area contributed by atoms with E-state index in [2.05, 4.69) is 18.2 Å². The molecular formula is C20H21NO4. The Labute approximate surface area is 146 Å². The molecule has 0 aliphatic heterocycles. The van der Waals surface area contributed by atoms with E-state index in [4.69, 9.17) is 9.84 Å². The van der Waals surface area contributed by atoms with Crippen LogP contribution in [-0.4, -0.2) is 41.6 Å². The van der Waals surface area contributed by atoms with Gasteiger partial charge in [-0.25, -0.2) is 4.79 Å². The van der Waals surface area contributed by atoms with Gasteiger partial charge in [0, 0.05) is 18.7 Å². The molecule has 1 N–H and O–H groups in total. The Morgan fingerprint density at radius 3 is 2.68 bits per heavy atom. The Kier molecular flexibility index (Phi) is 5.03. The highest BCUT2D eigenvalue weighted by Crippen LogP contribution is 2.25. The maximum absolute atomic E-state index is 12.8. The molecule has 2 aromatic rings. The van der Waals surface area contributed by atoms with Crippen LogP contribution in [0.3, 0.4) is 0 Å². The Hall–Kier alpha value is -2.82. The number of aliphatic carboxylic acids is 1. The first-order chi connectivity index (χ1) is 12.0. The number of likely N-dealkylation sites (N-methyl/N-ethyl adjacent to an activating group) is 1. The van der Waals surface area contributed by atoms with E-state index in [1.807, 2.05) is 13.1 Å².